The molecule has 1 heterocycles. The van der Waals surface area contributed by atoms with Crippen LogP contribution in [0.15, 0.2) is 29.3 Å². The van der Waals surface area contributed by atoms with Crippen LogP contribution in [-0.2, 0) is 7.05 Å². The maximum atomic E-state index is 11.9. The van der Waals surface area contributed by atoms with E-state index in [4.69, 9.17) is 0 Å². The molecule has 2 bridgehead atoms. The van der Waals surface area contributed by atoms with Crippen molar-refractivity contribution in [3.05, 3.63) is 34.9 Å². The lowest BCUT2D eigenvalue weighted by atomic mass is 9.69. The Morgan fingerprint density at radius 3 is 2.95 bits per heavy atom. The van der Waals surface area contributed by atoms with Crippen molar-refractivity contribution in [2.24, 2.45) is 24.8 Å². The molecule has 6 nitrogen and oxygen atoms in total. The van der Waals surface area contributed by atoms with Crippen LogP contribution in [0.2, 0.25) is 0 Å². The molecule has 3 aliphatic carbocycles. The first-order valence-corrected chi connectivity index (χ1v) is 7.38. The quantitative estimate of drug-likeness (QED) is 0.828. The third kappa shape index (κ3) is 2.99. The van der Waals surface area contributed by atoms with E-state index in [2.05, 4.69) is 27.8 Å². The molecule has 6 heteroatoms. The zero-order valence-corrected chi connectivity index (χ0v) is 12.1. The number of rotatable bonds is 3. The van der Waals surface area contributed by atoms with E-state index in [0.717, 1.165) is 6.42 Å². The fraction of sp³-hybridized carbons (Fsp3) is 0.533. The lowest BCUT2D eigenvalue weighted by Crippen LogP contribution is -2.40. The van der Waals surface area contributed by atoms with Crippen molar-refractivity contribution in [2.75, 3.05) is 11.9 Å². The maximum absolute atomic E-state index is 11.9. The summed E-state index contributed by atoms with van der Waals surface area (Å²) >= 11 is 0. The predicted octanol–water partition coefficient (Wildman–Crippen LogP) is 1.50. The first-order valence-electron chi connectivity index (χ1n) is 7.38. The molecule has 1 aromatic rings. The van der Waals surface area contributed by atoms with Crippen molar-refractivity contribution in [3.63, 3.8) is 0 Å². The lowest BCUT2D eigenvalue weighted by Gasteiger charge is -2.38. The molecule has 112 valence electrons. The topological polar surface area (TPSA) is 76.0 Å². The van der Waals surface area contributed by atoms with E-state index in [1.807, 2.05) is 0 Å². The lowest BCUT2D eigenvalue weighted by molar-refractivity contribution is 0.211. The van der Waals surface area contributed by atoms with Gasteiger partial charge < -0.3 is 9.88 Å². The molecule has 4 rings (SSSR count). The van der Waals surface area contributed by atoms with Crippen LogP contribution in [0, 0.1) is 17.8 Å². The average molecular weight is 288 g/mol. The van der Waals surface area contributed by atoms with Gasteiger partial charge in [-0.1, -0.05) is 12.2 Å². The Morgan fingerprint density at radius 1 is 1.43 bits per heavy atom. The maximum Gasteiger partial charge on any atom is 0.320 e. The minimum absolute atomic E-state index is 0.0579. The number of carbonyl (C=O) groups excluding carboxylic acids is 1. The van der Waals surface area contributed by atoms with Crippen LogP contribution >= 0.6 is 0 Å². The zero-order valence-electron chi connectivity index (χ0n) is 12.1. The number of anilines is 1. The molecule has 0 aromatic carbocycles. The molecule has 3 aliphatic rings. The summed E-state index contributed by atoms with van der Waals surface area (Å²) in [5.74, 6) is 1.82. The molecule has 0 radical (unpaired) electrons. The highest BCUT2D eigenvalue weighted by molar-refractivity contribution is 5.87. The summed E-state index contributed by atoms with van der Waals surface area (Å²) in [4.78, 5) is 27.6. The molecule has 21 heavy (non-hydrogen) atoms. The van der Waals surface area contributed by atoms with Gasteiger partial charge in [-0.2, -0.15) is 0 Å². The first kappa shape index (κ1) is 13.9. The Labute approximate surface area is 123 Å². The van der Waals surface area contributed by atoms with Gasteiger partial charge in [0.1, 0.15) is 0 Å². The SMILES string of the molecule is Cn1ccnc(NC(=O)NCC2CC3C=CC2CC3)c1=O. The number of aromatic nitrogens is 2. The van der Waals surface area contributed by atoms with Crippen LogP contribution in [0.3, 0.4) is 0 Å². The van der Waals surface area contributed by atoms with Crippen molar-refractivity contribution in [1.29, 1.82) is 0 Å². The van der Waals surface area contributed by atoms with E-state index >= 15 is 0 Å². The minimum Gasteiger partial charge on any atom is -0.338 e. The van der Waals surface area contributed by atoms with E-state index in [1.165, 1.54) is 23.6 Å². The van der Waals surface area contributed by atoms with Crippen molar-refractivity contribution < 1.29 is 4.79 Å². The number of nitrogens with zero attached hydrogens (tertiary/aromatic N) is 2. The standard InChI is InChI=1S/C15H20N4O2/c1-19-7-6-16-13(14(19)20)18-15(21)17-9-12-8-10-2-4-11(12)5-3-10/h2,4,6-7,10-12H,3,5,8-9H2,1H3,(H2,16,17,18,21). The van der Waals surface area contributed by atoms with E-state index in [-0.39, 0.29) is 17.4 Å². The molecule has 3 atom stereocenters. The van der Waals surface area contributed by atoms with Gasteiger partial charge in [0.05, 0.1) is 0 Å². The highest BCUT2D eigenvalue weighted by Gasteiger charge is 2.31. The largest absolute Gasteiger partial charge is 0.338 e. The zero-order chi connectivity index (χ0) is 14.8. The normalized spacial score (nSPS) is 26.6. The van der Waals surface area contributed by atoms with Gasteiger partial charge in [-0.3, -0.25) is 10.1 Å². The number of allylic oxidation sites excluding steroid dienone is 2. The van der Waals surface area contributed by atoms with E-state index < -0.39 is 0 Å². The molecular weight excluding hydrogens is 268 g/mol. The Bertz CT molecular complexity index is 622. The van der Waals surface area contributed by atoms with E-state index in [0.29, 0.717) is 24.3 Å². The summed E-state index contributed by atoms with van der Waals surface area (Å²) in [7, 11) is 1.62. The highest BCUT2D eigenvalue weighted by Crippen LogP contribution is 2.39. The highest BCUT2D eigenvalue weighted by atomic mass is 16.2. The van der Waals surface area contributed by atoms with Gasteiger partial charge in [0.15, 0.2) is 0 Å². The van der Waals surface area contributed by atoms with Gasteiger partial charge in [0.25, 0.3) is 5.56 Å². The van der Waals surface area contributed by atoms with Gasteiger partial charge in [-0.05, 0) is 37.0 Å². The number of hydrogen-bond acceptors (Lipinski definition) is 3. The second-order valence-corrected chi connectivity index (χ2v) is 5.91. The molecule has 0 aliphatic heterocycles. The summed E-state index contributed by atoms with van der Waals surface area (Å²) in [5.41, 5.74) is -0.313. The van der Waals surface area contributed by atoms with Crippen LogP contribution < -0.4 is 16.2 Å². The monoisotopic (exact) mass is 288 g/mol. The van der Waals surface area contributed by atoms with Gasteiger partial charge in [0.2, 0.25) is 5.82 Å². The number of nitrogens with one attached hydrogen (secondary N) is 2. The predicted molar refractivity (Wildman–Crippen MR) is 80.0 cm³/mol. The molecule has 1 fully saturated rings. The van der Waals surface area contributed by atoms with Crippen molar-refractivity contribution in [3.8, 4) is 0 Å². The third-order valence-corrected chi connectivity index (χ3v) is 4.49. The molecule has 3 unspecified atom stereocenters. The van der Waals surface area contributed by atoms with Crippen LogP contribution in [0.25, 0.3) is 0 Å². The number of urea groups is 1. The molecule has 1 saturated carbocycles. The molecule has 0 saturated heterocycles. The smallest absolute Gasteiger partial charge is 0.320 e. The van der Waals surface area contributed by atoms with Gasteiger partial charge in [0, 0.05) is 26.0 Å². The number of carbonyl (C=O) groups is 1. The summed E-state index contributed by atoms with van der Waals surface area (Å²) < 4.78 is 1.38. The van der Waals surface area contributed by atoms with Gasteiger partial charge in [-0.25, -0.2) is 9.78 Å². The second-order valence-electron chi connectivity index (χ2n) is 5.91. The van der Waals surface area contributed by atoms with Crippen molar-refractivity contribution in [2.45, 2.75) is 19.3 Å². The van der Waals surface area contributed by atoms with Crippen LogP contribution in [0.1, 0.15) is 19.3 Å². The fourth-order valence-corrected chi connectivity index (χ4v) is 3.25. The summed E-state index contributed by atoms with van der Waals surface area (Å²) in [5, 5.41) is 5.38. The molecule has 0 spiro atoms. The van der Waals surface area contributed by atoms with Crippen LogP contribution in [-0.4, -0.2) is 22.1 Å². The van der Waals surface area contributed by atoms with Gasteiger partial charge >= 0.3 is 6.03 Å². The number of aryl methyl sites for hydroxylation is 1. The minimum atomic E-state index is -0.365. The summed E-state index contributed by atoms with van der Waals surface area (Å²) in [6.45, 7) is 0.643. The third-order valence-electron chi connectivity index (χ3n) is 4.49. The Hall–Kier alpha value is -2.11. The summed E-state index contributed by atoms with van der Waals surface area (Å²) in [6, 6.07) is -0.365. The fourth-order valence-electron chi connectivity index (χ4n) is 3.25. The van der Waals surface area contributed by atoms with E-state index in [1.54, 1.807) is 13.2 Å². The number of amides is 2. The summed E-state index contributed by atoms with van der Waals surface area (Å²) in [6.07, 6.45) is 11.3. The second kappa shape index (κ2) is 5.71. The average Bonchev–Trinajstić information content (AvgIpc) is 2.51. The van der Waals surface area contributed by atoms with Crippen molar-refractivity contribution >= 4 is 11.8 Å². The first-order chi connectivity index (χ1) is 10.1. The van der Waals surface area contributed by atoms with Crippen LogP contribution in [0.4, 0.5) is 10.6 Å². The van der Waals surface area contributed by atoms with Gasteiger partial charge in [-0.15, -0.1) is 0 Å². The molecule has 2 amide bonds. The van der Waals surface area contributed by atoms with E-state index in [9.17, 15) is 9.59 Å². The Balaban J connectivity index is 1.54. The van der Waals surface area contributed by atoms with Crippen molar-refractivity contribution in [1.82, 2.24) is 14.9 Å². The van der Waals surface area contributed by atoms with Crippen LogP contribution in [0.5, 0.6) is 0 Å². The Morgan fingerprint density at radius 2 is 2.29 bits per heavy atom. The molecule has 1 aromatic heterocycles. The molecule has 2 N–H and O–H groups in total. The number of hydrogen-bond donors (Lipinski definition) is 2. The number of fused-ring (bicyclic) bond motifs is 2. The molecular formula is C15H20N4O2. The Kier molecular flexibility index (Phi) is 3.77.